The number of nitrogens with zero attached hydrogens (tertiary/aromatic N) is 1. The zero-order chi connectivity index (χ0) is 12.3. The molecule has 0 unspecified atom stereocenters. The zero-order valence-corrected chi connectivity index (χ0v) is 10.2. The molecule has 2 aromatic rings. The SMILES string of the molecule is Cc1cc(CNCc2ccc(N)c(C)c2)on1. The number of benzene rings is 1. The summed E-state index contributed by atoms with van der Waals surface area (Å²) in [6.07, 6.45) is 0. The number of aryl methyl sites for hydroxylation is 2. The van der Waals surface area contributed by atoms with Gasteiger partial charge in [0.2, 0.25) is 0 Å². The molecule has 0 amide bonds. The Bertz CT molecular complexity index is 505. The number of anilines is 1. The molecular formula is C13H17N3O. The molecule has 2 rings (SSSR count). The molecule has 0 spiro atoms. The fourth-order valence-electron chi connectivity index (χ4n) is 1.68. The molecule has 0 saturated heterocycles. The van der Waals surface area contributed by atoms with Crippen LogP contribution in [0.1, 0.15) is 22.6 Å². The van der Waals surface area contributed by atoms with Crippen molar-refractivity contribution in [2.75, 3.05) is 5.73 Å². The van der Waals surface area contributed by atoms with Crippen LogP contribution in [0.3, 0.4) is 0 Å². The van der Waals surface area contributed by atoms with E-state index in [1.807, 2.05) is 32.0 Å². The van der Waals surface area contributed by atoms with E-state index in [2.05, 4.69) is 16.5 Å². The molecule has 0 radical (unpaired) electrons. The quantitative estimate of drug-likeness (QED) is 0.791. The minimum absolute atomic E-state index is 0.685. The van der Waals surface area contributed by atoms with Crippen molar-refractivity contribution in [3.63, 3.8) is 0 Å². The van der Waals surface area contributed by atoms with Crippen LogP contribution in [-0.2, 0) is 13.1 Å². The Labute approximate surface area is 101 Å². The van der Waals surface area contributed by atoms with E-state index in [1.165, 1.54) is 5.56 Å². The van der Waals surface area contributed by atoms with Crippen molar-refractivity contribution in [3.8, 4) is 0 Å². The molecule has 1 aromatic carbocycles. The molecule has 90 valence electrons. The Hall–Kier alpha value is -1.81. The third kappa shape index (κ3) is 3.07. The summed E-state index contributed by atoms with van der Waals surface area (Å²) >= 11 is 0. The fourth-order valence-corrected chi connectivity index (χ4v) is 1.68. The van der Waals surface area contributed by atoms with Crippen LogP contribution in [0.2, 0.25) is 0 Å². The van der Waals surface area contributed by atoms with Gasteiger partial charge in [-0.05, 0) is 31.0 Å². The number of rotatable bonds is 4. The molecule has 0 atom stereocenters. The van der Waals surface area contributed by atoms with Crippen molar-refractivity contribution in [1.29, 1.82) is 0 Å². The minimum Gasteiger partial charge on any atom is -0.399 e. The first-order valence-corrected chi connectivity index (χ1v) is 5.63. The van der Waals surface area contributed by atoms with Gasteiger partial charge in [-0.1, -0.05) is 17.3 Å². The molecule has 0 saturated carbocycles. The van der Waals surface area contributed by atoms with E-state index >= 15 is 0 Å². The van der Waals surface area contributed by atoms with Crippen LogP contribution in [0.25, 0.3) is 0 Å². The Morgan fingerprint density at radius 1 is 1.24 bits per heavy atom. The lowest BCUT2D eigenvalue weighted by atomic mass is 10.1. The highest BCUT2D eigenvalue weighted by molar-refractivity contribution is 5.47. The van der Waals surface area contributed by atoms with E-state index in [0.717, 1.165) is 29.2 Å². The van der Waals surface area contributed by atoms with Gasteiger partial charge in [0.1, 0.15) is 0 Å². The Balaban J connectivity index is 1.87. The monoisotopic (exact) mass is 231 g/mol. The van der Waals surface area contributed by atoms with Gasteiger partial charge in [-0.15, -0.1) is 0 Å². The highest BCUT2D eigenvalue weighted by atomic mass is 16.5. The van der Waals surface area contributed by atoms with Crippen LogP contribution in [0.5, 0.6) is 0 Å². The van der Waals surface area contributed by atoms with Crippen LogP contribution >= 0.6 is 0 Å². The van der Waals surface area contributed by atoms with Crippen molar-refractivity contribution < 1.29 is 4.52 Å². The number of nitrogen functional groups attached to an aromatic ring is 1. The summed E-state index contributed by atoms with van der Waals surface area (Å²) in [6.45, 7) is 5.40. The number of aromatic nitrogens is 1. The average molecular weight is 231 g/mol. The van der Waals surface area contributed by atoms with Crippen molar-refractivity contribution in [1.82, 2.24) is 10.5 Å². The molecule has 1 aromatic heterocycles. The van der Waals surface area contributed by atoms with Crippen LogP contribution < -0.4 is 11.1 Å². The van der Waals surface area contributed by atoms with Gasteiger partial charge in [0.05, 0.1) is 12.2 Å². The third-order valence-corrected chi connectivity index (χ3v) is 2.64. The second-order valence-corrected chi connectivity index (χ2v) is 4.23. The molecule has 0 bridgehead atoms. The van der Waals surface area contributed by atoms with Crippen LogP contribution in [-0.4, -0.2) is 5.16 Å². The van der Waals surface area contributed by atoms with Crippen molar-refractivity contribution >= 4 is 5.69 Å². The fraction of sp³-hybridized carbons (Fsp3) is 0.308. The van der Waals surface area contributed by atoms with Crippen molar-refractivity contribution in [2.45, 2.75) is 26.9 Å². The van der Waals surface area contributed by atoms with E-state index in [-0.39, 0.29) is 0 Å². The van der Waals surface area contributed by atoms with Gasteiger partial charge in [0, 0.05) is 18.3 Å². The lowest BCUT2D eigenvalue weighted by Gasteiger charge is -2.05. The third-order valence-electron chi connectivity index (χ3n) is 2.64. The summed E-state index contributed by atoms with van der Waals surface area (Å²) < 4.78 is 5.11. The molecule has 17 heavy (non-hydrogen) atoms. The summed E-state index contributed by atoms with van der Waals surface area (Å²) in [5.41, 5.74) is 9.83. The van der Waals surface area contributed by atoms with Gasteiger partial charge in [-0.2, -0.15) is 0 Å². The second-order valence-electron chi connectivity index (χ2n) is 4.23. The first kappa shape index (κ1) is 11.7. The highest BCUT2D eigenvalue weighted by Crippen LogP contribution is 2.12. The van der Waals surface area contributed by atoms with Crippen LogP contribution in [0, 0.1) is 13.8 Å². The number of nitrogens with two attached hydrogens (primary N) is 1. The largest absolute Gasteiger partial charge is 0.399 e. The zero-order valence-electron chi connectivity index (χ0n) is 10.2. The average Bonchev–Trinajstić information content (AvgIpc) is 2.70. The second kappa shape index (κ2) is 5.01. The Morgan fingerprint density at radius 2 is 2.06 bits per heavy atom. The van der Waals surface area contributed by atoms with Crippen molar-refractivity contribution in [3.05, 3.63) is 46.8 Å². The first-order valence-electron chi connectivity index (χ1n) is 5.63. The number of hydrogen-bond acceptors (Lipinski definition) is 4. The Kier molecular flexibility index (Phi) is 3.44. The molecule has 4 nitrogen and oxygen atoms in total. The lowest BCUT2D eigenvalue weighted by Crippen LogP contribution is -2.12. The topological polar surface area (TPSA) is 64.1 Å². The molecule has 3 N–H and O–H groups in total. The Morgan fingerprint density at radius 3 is 2.71 bits per heavy atom. The predicted octanol–water partition coefficient (Wildman–Crippen LogP) is 2.16. The molecular weight excluding hydrogens is 214 g/mol. The maximum atomic E-state index is 5.77. The lowest BCUT2D eigenvalue weighted by molar-refractivity contribution is 0.369. The smallest absolute Gasteiger partial charge is 0.150 e. The van der Waals surface area contributed by atoms with Gasteiger partial charge in [-0.25, -0.2) is 0 Å². The molecule has 0 aliphatic carbocycles. The maximum absolute atomic E-state index is 5.77. The standard InChI is InChI=1S/C13H17N3O/c1-9-5-11(3-4-13(9)14)7-15-8-12-6-10(2)16-17-12/h3-6,15H,7-8,14H2,1-2H3. The van der Waals surface area contributed by atoms with Gasteiger partial charge < -0.3 is 15.6 Å². The summed E-state index contributed by atoms with van der Waals surface area (Å²) in [5, 5.41) is 7.14. The summed E-state index contributed by atoms with van der Waals surface area (Å²) in [7, 11) is 0. The summed E-state index contributed by atoms with van der Waals surface area (Å²) in [6, 6.07) is 7.99. The molecule has 0 aliphatic heterocycles. The normalized spacial score (nSPS) is 10.7. The van der Waals surface area contributed by atoms with E-state index < -0.39 is 0 Å². The first-order chi connectivity index (χ1) is 8.15. The molecule has 0 fully saturated rings. The molecule has 1 heterocycles. The van der Waals surface area contributed by atoms with Gasteiger partial charge in [-0.3, -0.25) is 0 Å². The summed E-state index contributed by atoms with van der Waals surface area (Å²) in [5.74, 6) is 0.856. The van der Waals surface area contributed by atoms with Gasteiger partial charge >= 0.3 is 0 Å². The van der Waals surface area contributed by atoms with E-state index in [9.17, 15) is 0 Å². The number of nitrogens with one attached hydrogen (secondary N) is 1. The molecule has 0 aliphatic rings. The van der Waals surface area contributed by atoms with Crippen LogP contribution in [0.15, 0.2) is 28.8 Å². The van der Waals surface area contributed by atoms with E-state index in [1.54, 1.807) is 0 Å². The van der Waals surface area contributed by atoms with E-state index in [0.29, 0.717) is 6.54 Å². The minimum atomic E-state index is 0.685. The summed E-state index contributed by atoms with van der Waals surface area (Å²) in [4.78, 5) is 0. The van der Waals surface area contributed by atoms with E-state index in [4.69, 9.17) is 10.3 Å². The van der Waals surface area contributed by atoms with Crippen molar-refractivity contribution in [2.24, 2.45) is 0 Å². The highest BCUT2D eigenvalue weighted by Gasteiger charge is 2.01. The predicted molar refractivity (Wildman–Crippen MR) is 67.4 cm³/mol. The molecule has 4 heteroatoms. The van der Waals surface area contributed by atoms with Crippen LogP contribution in [0.4, 0.5) is 5.69 Å². The number of hydrogen-bond donors (Lipinski definition) is 2. The van der Waals surface area contributed by atoms with Gasteiger partial charge in [0.15, 0.2) is 5.76 Å². The van der Waals surface area contributed by atoms with Gasteiger partial charge in [0.25, 0.3) is 0 Å². The maximum Gasteiger partial charge on any atom is 0.150 e.